The molecule has 3 atom stereocenters. The predicted molar refractivity (Wildman–Crippen MR) is 95.0 cm³/mol. The van der Waals surface area contributed by atoms with Crippen LogP contribution in [0.2, 0.25) is 0 Å². The maximum Gasteiger partial charge on any atom is 0.229 e. The molecule has 1 aromatic heterocycles. The predicted octanol–water partition coefficient (Wildman–Crippen LogP) is 1.58. The molecule has 0 saturated carbocycles. The Labute approximate surface area is 150 Å². The van der Waals surface area contributed by atoms with Gasteiger partial charge in [0, 0.05) is 13.0 Å². The Morgan fingerprint density at radius 2 is 2.31 bits per heavy atom. The van der Waals surface area contributed by atoms with Crippen molar-refractivity contribution in [2.75, 3.05) is 18.1 Å². The molecule has 1 aliphatic heterocycles. The van der Waals surface area contributed by atoms with Crippen molar-refractivity contribution in [1.29, 1.82) is 0 Å². The van der Waals surface area contributed by atoms with E-state index in [1.54, 1.807) is 12.1 Å². The summed E-state index contributed by atoms with van der Waals surface area (Å²) in [4.78, 5) is 26.3. The third-order valence-corrected chi connectivity index (χ3v) is 5.13. The summed E-state index contributed by atoms with van der Waals surface area (Å²) >= 11 is 0. The maximum atomic E-state index is 14.2. The van der Waals surface area contributed by atoms with Crippen molar-refractivity contribution < 1.29 is 19.1 Å². The zero-order valence-electron chi connectivity index (χ0n) is 14.8. The van der Waals surface area contributed by atoms with Gasteiger partial charge in [-0.15, -0.1) is 0 Å². The minimum atomic E-state index is -0.556. The van der Waals surface area contributed by atoms with Crippen LogP contribution in [-0.2, 0) is 9.59 Å². The molecular formula is C18H23FN4O3. The molecule has 0 radical (unpaired) electrons. The second kappa shape index (κ2) is 7.41. The highest BCUT2D eigenvalue weighted by molar-refractivity contribution is 6.05. The van der Waals surface area contributed by atoms with Crippen LogP contribution in [0.15, 0.2) is 18.2 Å². The number of aliphatic hydroxyl groups is 1. The number of amides is 2. The van der Waals surface area contributed by atoms with Gasteiger partial charge in [-0.3, -0.25) is 19.6 Å². The maximum absolute atomic E-state index is 14.2. The number of anilines is 1. The standard InChI is InChI=1S/C18H23FN4O3/c1-3-10(2)14(9-24)20-18(26)11-7-15(25)23(8-11)17-16-12(19)5-4-6-13(16)21-22-17/h4-6,10-11,14,24H,3,7-9H2,1-2H3,(H,20,26)(H,21,22)/t10-,11+,14-/m1/s1. The van der Waals surface area contributed by atoms with Gasteiger partial charge in [0.1, 0.15) is 5.82 Å². The zero-order chi connectivity index (χ0) is 18.8. The number of fused-ring (bicyclic) bond motifs is 1. The van der Waals surface area contributed by atoms with Gasteiger partial charge in [-0.1, -0.05) is 26.3 Å². The van der Waals surface area contributed by atoms with E-state index in [4.69, 9.17) is 0 Å². The molecule has 2 heterocycles. The molecule has 8 heteroatoms. The van der Waals surface area contributed by atoms with Crippen LogP contribution in [0, 0.1) is 17.7 Å². The van der Waals surface area contributed by atoms with Gasteiger partial charge in [0.05, 0.1) is 29.5 Å². The van der Waals surface area contributed by atoms with Crippen molar-refractivity contribution in [3.05, 3.63) is 24.0 Å². The Kier molecular flexibility index (Phi) is 5.22. The largest absolute Gasteiger partial charge is 0.394 e. The van der Waals surface area contributed by atoms with Gasteiger partial charge in [0.25, 0.3) is 0 Å². The molecule has 0 aliphatic carbocycles. The second-order valence-corrected chi connectivity index (χ2v) is 6.80. The van der Waals surface area contributed by atoms with Crippen LogP contribution in [0.5, 0.6) is 0 Å². The number of halogens is 1. The number of hydrogen-bond donors (Lipinski definition) is 3. The third kappa shape index (κ3) is 3.29. The second-order valence-electron chi connectivity index (χ2n) is 6.80. The molecule has 0 unspecified atom stereocenters. The van der Waals surface area contributed by atoms with E-state index in [1.807, 2.05) is 13.8 Å². The summed E-state index contributed by atoms with van der Waals surface area (Å²) in [6.07, 6.45) is 0.854. The van der Waals surface area contributed by atoms with Crippen molar-refractivity contribution in [2.45, 2.75) is 32.7 Å². The van der Waals surface area contributed by atoms with E-state index < -0.39 is 11.7 Å². The van der Waals surface area contributed by atoms with E-state index in [1.165, 1.54) is 11.0 Å². The molecule has 1 saturated heterocycles. The average molecular weight is 362 g/mol. The van der Waals surface area contributed by atoms with E-state index in [0.717, 1.165) is 6.42 Å². The highest BCUT2D eigenvalue weighted by Crippen LogP contribution is 2.31. The summed E-state index contributed by atoms with van der Waals surface area (Å²) in [6.45, 7) is 3.92. The lowest BCUT2D eigenvalue weighted by atomic mass is 9.98. The van der Waals surface area contributed by atoms with Crippen molar-refractivity contribution in [2.24, 2.45) is 11.8 Å². The molecule has 140 valence electrons. The lowest BCUT2D eigenvalue weighted by Crippen LogP contribution is -2.45. The summed E-state index contributed by atoms with van der Waals surface area (Å²) in [7, 11) is 0. The third-order valence-electron chi connectivity index (χ3n) is 5.13. The first-order chi connectivity index (χ1) is 12.5. The van der Waals surface area contributed by atoms with E-state index in [-0.39, 0.29) is 54.6 Å². The summed E-state index contributed by atoms with van der Waals surface area (Å²) in [6, 6.07) is 4.20. The van der Waals surface area contributed by atoms with Crippen LogP contribution in [0.25, 0.3) is 10.9 Å². The Balaban J connectivity index is 1.77. The molecular weight excluding hydrogens is 339 g/mol. The molecule has 3 rings (SSSR count). The molecule has 2 amide bonds. The summed E-state index contributed by atoms with van der Waals surface area (Å²) in [5.41, 5.74) is 0.498. The first-order valence-electron chi connectivity index (χ1n) is 8.80. The SMILES string of the molecule is CC[C@@H](C)[C@@H](CO)NC(=O)[C@H]1CC(=O)N(c2n[nH]c3cccc(F)c23)C1. The quantitative estimate of drug-likeness (QED) is 0.727. The van der Waals surface area contributed by atoms with Crippen LogP contribution in [-0.4, -0.2) is 46.3 Å². The molecule has 2 aromatic rings. The van der Waals surface area contributed by atoms with Crippen molar-refractivity contribution in [1.82, 2.24) is 15.5 Å². The molecule has 1 aromatic carbocycles. The number of H-pyrrole nitrogens is 1. The van der Waals surface area contributed by atoms with Gasteiger partial charge < -0.3 is 10.4 Å². The topological polar surface area (TPSA) is 98.3 Å². The van der Waals surface area contributed by atoms with Gasteiger partial charge in [-0.05, 0) is 18.1 Å². The van der Waals surface area contributed by atoms with Crippen molar-refractivity contribution >= 4 is 28.5 Å². The molecule has 0 spiro atoms. The van der Waals surface area contributed by atoms with Gasteiger partial charge in [0.2, 0.25) is 11.8 Å². The minimum Gasteiger partial charge on any atom is -0.394 e. The number of aromatic amines is 1. The number of aliphatic hydroxyl groups excluding tert-OH is 1. The zero-order valence-corrected chi connectivity index (χ0v) is 14.8. The monoisotopic (exact) mass is 362 g/mol. The Morgan fingerprint density at radius 1 is 1.54 bits per heavy atom. The number of rotatable bonds is 6. The van der Waals surface area contributed by atoms with E-state index in [0.29, 0.717) is 5.52 Å². The summed E-state index contributed by atoms with van der Waals surface area (Å²) < 4.78 is 14.2. The molecule has 3 N–H and O–H groups in total. The Morgan fingerprint density at radius 3 is 3.00 bits per heavy atom. The average Bonchev–Trinajstić information content (AvgIpc) is 3.23. The summed E-state index contributed by atoms with van der Waals surface area (Å²) in [5.74, 6) is -1.24. The van der Waals surface area contributed by atoms with E-state index >= 15 is 0 Å². The first-order valence-corrected chi connectivity index (χ1v) is 8.80. The molecule has 1 aliphatic rings. The number of carbonyl (C=O) groups excluding carboxylic acids is 2. The number of carbonyl (C=O) groups is 2. The number of aromatic nitrogens is 2. The first kappa shape index (κ1) is 18.3. The molecule has 7 nitrogen and oxygen atoms in total. The summed E-state index contributed by atoms with van der Waals surface area (Å²) in [5, 5.41) is 19.3. The molecule has 0 bridgehead atoms. The lowest BCUT2D eigenvalue weighted by Gasteiger charge is -2.23. The Bertz CT molecular complexity index is 822. The van der Waals surface area contributed by atoms with Crippen LogP contribution in [0.4, 0.5) is 10.2 Å². The van der Waals surface area contributed by atoms with Crippen molar-refractivity contribution in [3.8, 4) is 0 Å². The van der Waals surface area contributed by atoms with Crippen LogP contribution >= 0.6 is 0 Å². The van der Waals surface area contributed by atoms with Gasteiger partial charge >= 0.3 is 0 Å². The van der Waals surface area contributed by atoms with Crippen LogP contribution < -0.4 is 10.2 Å². The molecule has 1 fully saturated rings. The lowest BCUT2D eigenvalue weighted by molar-refractivity contribution is -0.127. The van der Waals surface area contributed by atoms with Crippen LogP contribution in [0.1, 0.15) is 26.7 Å². The smallest absolute Gasteiger partial charge is 0.229 e. The Hall–Kier alpha value is -2.48. The number of nitrogens with one attached hydrogen (secondary N) is 2. The fourth-order valence-electron chi connectivity index (χ4n) is 3.25. The fraction of sp³-hybridized carbons (Fsp3) is 0.500. The highest BCUT2D eigenvalue weighted by Gasteiger charge is 2.38. The number of benzene rings is 1. The normalized spacial score (nSPS) is 19.8. The van der Waals surface area contributed by atoms with Crippen LogP contribution in [0.3, 0.4) is 0 Å². The van der Waals surface area contributed by atoms with E-state index in [2.05, 4.69) is 15.5 Å². The van der Waals surface area contributed by atoms with Gasteiger partial charge in [-0.25, -0.2) is 4.39 Å². The molecule has 26 heavy (non-hydrogen) atoms. The number of nitrogens with zero attached hydrogens (tertiary/aromatic N) is 2. The van der Waals surface area contributed by atoms with Gasteiger partial charge in [0.15, 0.2) is 5.82 Å². The van der Waals surface area contributed by atoms with Crippen molar-refractivity contribution in [3.63, 3.8) is 0 Å². The van der Waals surface area contributed by atoms with E-state index in [9.17, 15) is 19.1 Å². The fourth-order valence-corrected chi connectivity index (χ4v) is 3.25. The highest BCUT2D eigenvalue weighted by atomic mass is 19.1. The number of hydrogen-bond acceptors (Lipinski definition) is 4. The minimum absolute atomic E-state index is 0.0350. The van der Waals surface area contributed by atoms with Gasteiger partial charge in [-0.2, -0.15) is 5.10 Å².